The van der Waals surface area contributed by atoms with Crippen LogP contribution >= 0.6 is 0 Å². The third-order valence-electron chi connectivity index (χ3n) is 4.47. The lowest BCUT2D eigenvalue weighted by Gasteiger charge is -2.26. The number of nitrogens with zero attached hydrogens (tertiary/aromatic N) is 1. The first-order valence-corrected chi connectivity index (χ1v) is 8.13. The minimum atomic E-state index is -0.878. The molecule has 0 fully saturated rings. The summed E-state index contributed by atoms with van der Waals surface area (Å²) in [6.07, 6.45) is 1.89. The number of rotatable bonds is 5. The Balaban J connectivity index is 1.95. The van der Waals surface area contributed by atoms with Gasteiger partial charge in [-0.25, -0.2) is 8.78 Å². The van der Waals surface area contributed by atoms with Crippen molar-refractivity contribution in [2.24, 2.45) is 5.92 Å². The monoisotopic (exact) mass is 343 g/mol. The Kier molecular flexibility index (Phi) is 4.95. The molecule has 1 heterocycles. The number of benzene rings is 2. The zero-order valence-electron chi connectivity index (χ0n) is 13.8. The normalized spacial score (nSPS) is 18.8. The van der Waals surface area contributed by atoms with Crippen molar-refractivity contribution in [1.29, 1.82) is 0 Å². The van der Waals surface area contributed by atoms with Gasteiger partial charge in [0, 0.05) is 18.7 Å². The molecule has 3 nitrogen and oxygen atoms in total. The van der Waals surface area contributed by atoms with Crippen molar-refractivity contribution < 1.29 is 18.7 Å². The maximum absolute atomic E-state index is 14.1. The van der Waals surface area contributed by atoms with Gasteiger partial charge in [0.1, 0.15) is 11.6 Å². The van der Waals surface area contributed by atoms with E-state index in [4.69, 9.17) is 0 Å². The van der Waals surface area contributed by atoms with Crippen molar-refractivity contribution in [3.63, 3.8) is 0 Å². The van der Waals surface area contributed by atoms with E-state index in [0.717, 1.165) is 17.7 Å². The number of carboxylic acids is 1. The van der Waals surface area contributed by atoms with Crippen molar-refractivity contribution in [2.45, 2.75) is 13.0 Å². The van der Waals surface area contributed by atoms with Crippen molar-refractivity contribution in [1.82, 2.24) is 4.90 Å². The van der Waals surface area contributed by atoms with E-state index < -0.39 is 23.5 Å². The Morgan fingerprint density at radius 3 is 2.64 bits per heavy atom. The molecule has 1 aliphatic rings. The maximum atomic E-state index is 14.1. The summed E-state index contributed by atoms with van der Waals surface area (Å²) in [5.41, 5.74) is 1.89. The van der Waals surface area contributed by atoms with E-state index in [-0.39, 0.29) is 11.6 Å². The average Bonchev–Trinajstić information content (AvgIpc) is 3.01. The second-order valence-electron chi connectivity index (χ2n) is 6.34. The van der Waals surface area contributed by atoms with Crippen LogP contribution in [0.2, 0.25) is 0 Å². The molecule has 0 bridgehead atoms. The molecule has 0 saturated carbocycles. The van der Waals surface area contributed by atoms with Gasteiger partial charge in [0.05, 0.1) is 12.0 Å². The first-order chi connectivity index (χ1) is 12.0. The molecule has 25 heavy (non-hydrogen) atoms. The van der Waals surface area contributed by atoms with Crippen LogP contribution in [-0.2, 0) is 4.79 Å². The number of hydrogen-bond donors (Lipinski definition) is 1. The van der Waals surface area contributed by atoms with Crippen molar-refractivity contribution in [3.8, 4) is 0 Å². The van der Waals surface area contributed by atoms with Crippen molar-refractivity contribution in [3.05, 3.63) is 77.4 Å². The fourth-order valence-corrected chi connectivity index (χ4v) is 3.15. The molecule has 0 saturated heterocycles. The lowest BCUT2D eigenvalue weighted by molar-refractivity contribution is -0.141. The molecule has 0 amide bonds. The highest BCUT2D eigenvalue weighted by molar-refractivity contribution is 5.72. The average molecular weight is 343 g/mol. The fourth-order valence-electron chi connectivity index (χ4n) is 3.15. The van der Waals surface area contributed by atoms with Gasteiger partial charge in [0.2, 0.25) is 0 Å². The summed E-state index contributed by atoms with van der Waals surface area (Å²) in [6.45, 7) is 2.34. The van der Waals surface area contributed by atoms with Crippen LogP contribution in [-0.4, -0.2) is 29.1 Å². The van der Waals surface area contributed by atoms with Crippen LogP contribution in [0, 0.1) is 17.6 Å². The van der Waals surface area contributed by atoms with Gasteiger partial charge in [-0.2, -0.15) is 0 Å². The van der Waals surface area contributed by atoms with Gasteiger partial charge >= 0.3 is 5.97 Å². The van der Waals surface area contributed by atoms with Crippen LogP contribution in [0.3, 0.4) is 0 Å². The van der Waals surface area contributed by atoms with Crippen LogP contribution in [0.4, 0.5) is 8.78 Å². The van der Waals surface area contributed by atoms with Gasteiger partial charge in [-0.05, 0) is 29.3 Å². The number of hydrogen-bond acceptors (Lipinski definition) is 2. The number of aliphatic carboxylic acids is 1. The van der Waals surface area contributed by atoms with Crippen LogP contribution < -0.4 is 0 Å². The summed E-state index contributed by atoms with van der Waals surface area (Å²) < 4.78 is 27.7. The van der Waals surface area contributed by atoms with Gasteiger partial charge in [-0.1, -0.05) is 43.3 Å². The molecule has 2 aromatic rings. The number of carbonyl (C=O) groups is 1. The highest BCUT2D eigenvalue weighted by Crippen LogP contribution is 2.36. The second-order valence-corrected chi connectivity index (χ2v) is 6.34. The van der Waals surface area contributed by atoms with Gasteiger partial charge in [-0.15, -0.1) is 0 Å². The predicted molar refractivity (Wildman–Crippen MR) is 91.9 cm³/mol. The molecule has 130 valence electrons. The molecule has 2 aromatic carbocycles. The topological polar surface area (TPSA) is 40.5 Å². The lowest BCUT2D eigenvalue weighted by Crippen LogP contribution is -2.32. The minimum absolute atomic E-state index is 0.166. The predicted octanol–water partition coefficient (Wildman–Crippen LogP) is 4.13. The molecule has 1 aliphatic heterocycles. The summed E-state index contributed by atoms with van der Waals surface area (Å²) in [4.78, 5) is 13.2. The standard InChI is InChI=1S/C20H19F2NO2/c1-13(20(24)25)11-23-12-15(17-10-16(21)7-8-18(17)22)9-19(23)14-5-3-2-4-6-14/h2-10,13,19H,11-12H2,1H3,(H,24,25)/t13?,19-/m0/s1. The van der Waals surface area contributed by atoms with Crippen molar-refractivity contribution >= 4 is 11.5 Å². The van der Waals surface area contributed by atoms with E-state index in [1.165, 1.54) is 6.07 Å². The molecule has 0 aromatic heterocycles. The van der Waals surface area contributed by atoms with Gasteiger partial charge < -0.3 is 5.11 Å². The number of halogens is 2. The molecule has 3 rings (SSSR count). The van der Waals surface area contributed by atoms with Gasteiger partial charge in [0.15, 0.2) is 0 Å². The Labute approximate surface area is 145 Å². The van der Waals surface area contributed by atoms with Crippen LogP contribution in [0.15, 0.2) is 54.6 Å². The smallest absolute Gasteiger partial charge is 0.307 e. The molecule has 2 atom stereocenters. The van der Waals surface area contributed by atoms with E-state index in [2.05, 4.69) is 0 Å². The third kappa shape index (κ3) is 3.77. The first-order valence-electron chi connectivity index (χ1n) is 8.13. The SMILES string of the molecule is CC(CN1CC(c2cc(F)ccc2F)=C[C@H]1c1ccccc1)C(=O)O. The summed E-state index contributed by atoms with van der Waals surface area (Å²) in [7, 11) is 0. The molecule has 0 radical (unpaired) electrons. The molecule has 1 N–H and O–H groups in total. The molecule has 0 spiro atoms. The first kappa shape index (κ1) is 17.3. The lowest BCUT2D eigenvalue weighted by atomic mass is 10.0. The highest BCUT2D eigenvalue weighted by atomic mass is 19.1. The second kappa shape index (κ2) is 7.15. The fraction of sp³-hybridized carbons (Fsp3) is 0.250. The molecule has 0 aliphatic carbocycles. The maximum Gasteiger partial charge on any atom is 0.307 e. The Hall–Kier alpha value is -2.53. The van der Waals surface area contributed by atoms with E-state index in [0.29, 0.717) is 18.7 Å². The third-order valence-corrected chi connectivity index (χ3v) is 4.47. The Morgan fingerprint density at radius 2 is 1.96 bits per heavy atom. The zero-order chi connectivity index (χ0) is 18.0. The summed E-state index contributed by atoms with van der Waals surface area (Å²) in [6, 6.07) is 12.8. The Morgan fingerprint density at radius 1 is 1.24 bits per heavy atom. The van der Waals surface area contributed by atoms with E-state index >= 15 is 0 Å². The van der Waals surface area contributed by atoms with E-state index in [1.807, 2.05) is 41.3 Å². The van der Waals surface area contributed by atoms with Crippen LogP contribution in [0.25, 0.3) is 5.57 Å². The molecule has 1 unspecified atom stereocenters. The highest BCUT2D eigenvalue weighted by Gasteiger charge is 2.30. The van der Waals surface area contributed by atoms with Crippen LogP contribution in [0.5, 0.6) is 0 Å². The van der Waals surface area contributed by atoms with E-state index in [9.17, 15) is 18.7 Å². The van der Waals surface area contributed by atoms with Crippen LogP contribution in [0.1, 0.15) is 24.1 Å². The summed E-state index contributed by atoms with van der Waals surface area (Å²) in [5, 5.41) is 9.21. The molecular formula is C20H19F2NO2. The van der Waals surface area contributed by atoms with Gasteiger partial charge in [0.25, 0.3) is 0 Å². The number of carboxylic acid groups (broad SMARTS) is 1. The molecule has 5 heteroatoms. The minimum Gasteiger partial charge on any atom is -0.481 e. The largest absolute Gasteiger partial charge is 0.481 e. The van der Waals surface area contributed by atoms with Crippen molar-refractivity contribution in [2.75, 3.05) is 13.1 Å². The summed E-state index contributed by atoms with van der Waals surface area (Å²) >= 11 is 0. The zero-order valence-corrected chi connectivity index (χ0v) is 13.8. The van der Waals surface area contributed by atoms with Gasteiger partial charge in [-0.3, -0.25) is 9.69 Å². The summed E-state index contributed by atoms with van der Waals surface area (Å²) in [5.74, 6) is -2.41. The Bertz CT molecular complexity index is 805. The molecular weight excluding hydrogens is 324 g/mol. The quantitative estimate of drug-likeness (QED) is 0.888. The van der Waals surface area contributed by atoms with E-state index in [1.54, 1.807) is 6.92 Å².